The molecule has 0 aliphatic carbocycles. The number of nitro groups is 1. The molecule has 7 nitrogen and oxygen atoms in total. The van der Waals surface area contributed by atoms with E-state index in [-0.39, 0.29) is 29.3 Å². The molecule has 2 aromatic carbocycles. The van der Waals surface area contributed by atoms with Crippen molar-refractivity contribution in [2.45, 2.75) is 19.4 Å². The van der Waals surface area contributed by atoms with Crippen LogP contribution in [0.15, 0.2) is 42.5 Å². The van der Waals surface area contributed by atoms with Crippen LogP contribution in [-0.2, 0) is 9.53 Å². The second-order valence-corrected chi connectivity index (χ2v) is 6.29. The third kappa shape index (κ3) is 5.42. The minimum atomic E-state index is -0.764. The number of carbonyl (C=O) groups is 2. The van der Waals surface area contributed by atoms with Crippen LogP contribution in [0.2, 0.25) is 10.0 Å². The highest BCUT2D eigenvalue weighted by molar-refractivity contribution is 6.32. The molecule has 0 spiro atoms. The van der Waals surface area contributed by atoms with Gasteiger partial charge >= 0.3 is 5.97 Å². The van der Waals surface area contributed by atoms with Crippen molar-refractivity contribution < 1.29 is 19.2 Å². The molecule has 0 saturated carbocycles. The van der Waals surface area contributed by atoms with Crippen LogP contribution in [-0.4, -0.2) is 23.4 Å². The molecule has 0 heterocycles. The lowest BCUT2D eigenvalue weighted by molar-refractivity contribution is -0.384. The van der Waals surface area contributed by atoms with Crippen molar-refractivity contribution in [3.8, 4) is 0 Å². The highest BCUT2D eigenvalue weighted by Crippen LogP contribution is 2.28. The maximum atomic E-state index is 12.6. The topological polar surface area (TPSA) is 98.5 Å². The fraction of sp³-hybridized carbons (Fsp3) is 0.222. The van der Waals surface area contributed by atoms with E-state index in [0.717, 1.165) is 6.07 Å². The number of carbonyl (C=O) groups excluding carboxylic acids is 2. The molecule has 1 atom stereocenters. The molecule has 0 aromatic heterocycles. The van der Waals surface area contributed by atoms with Gasteiger partial charge in [0, 0.05) is 16.7 Å². The van der Waals surface area contributed by atoms with Gasteiger partial charge in [-0.15, -0.1) is 0 Å². The van der Waals surface area contributed by atoms with Crippen molar-refractivity contribution in [1.82, 2.24) is 5.32 Å². The Bertz CT molecular complexity index is 873. The second kappa shape index (κ2) is 9.34. The van der Waals surface area contributed by atoms with E-state index in [1.54, 1.807) is 31.2 Å². The first-order valence-corrected chi connectivity index (χ1v) is 8.74. The van der Waals surface area contributed by atoms with Gasteiger partial charge in [0.25, 0.3) is 11.6 Å². The summed E-state index contributed by atoms with van der Waals surface area (Å²) in [6.45, 7) is 1.87. The van der Waals surface area contributed by atoms with Gasteiger partial charge in [-0.3, -0.25) is 19.7 Å². The predicted octanol–water partition coefficient (Wildman–Crippen LogP) is 4.33. The summed E-state index contributed by atoms with van der Waals surface area (Å²) in [4.78, 5) is 34.8. The largest absolute Gasteiger partial charge is 0.466 e. The van der Waals surface area contributed by atoms with Gasteiger partial charge in [-0.25, -0.2) is 0 Å². The van der Waals surface area contributed by atoms with Crippen molar-refractivity contribution in [3.05, 3.63) is 73.8 Å². The fourth-order valence-electron chi connectivity index (χ4n) is 2.42. The summed E-state index contributed by atoms with van der Waals surface area (Å²) in [6, 6.07) is 9.69. The monoisotopic (exact) mass is 410 g/mol. The molecule has 1 amide bonds. The molecule has 142 valence electrons. The van der Waals surface area contributed by atoms with Crippen molar-refractivity contribution >= 4 is 40.8 Å². The molecule has 2 aromatic rings. The van der Waals surface area contributed by atoms with E-state index in [4.69, 9.17) is 27.9 Å². The minimum absolute atomic E-state index is 0.0343. The SMILES string of the molecule is CCOC(=O)C[C@H](NC(=O)c1ccc(Cl)c([N+](=O)[O-])c1)c1ccccc1Cl. The smallest absolute Gasteiger partial charge is 0.308 e. The molecular formula is C18H16Cl2N2O5. The van der Waals surface area contributed by atoms with Crippen molar-refractivity contribution in [1.29, 1.82) is 0 Å². The Kier molecular flexibility index (Phi) is 7.15. The normalized spacial score (nSPS) is 11.5. The lowest BCUT2D eigenvalue weighted by Crippen LogP contribution is -2.31. The van der Waals surface area contributed by atoms with E-state index in [2.05, 4.69) is 5.32 Å². The number of hydrogen-bond donors (Lipinski definition) is 1. The lowest BCUT2D eigenvalue weighted by atomic mass is 10.0. The Morgan fingerprint density at radius 1 is 1.19 bits per heavy atom. The zero-order valence-electron chi connectivity index (χ0n) is 14.3. The molecule has 0 unspecified atom stereocenters. The summed E-state index contributed by atoms with van der Waals surface area (Å²) in [5.41, 5.74) is 0.181. The number of nitro benzene ring substituents is 1. The van der Waals surface area contributed by atoms with E-state index < -0.39 is 22.8 Å². The number of halogens is 2. The van der Waals surface area contributed by atoms with Crippen LogP contribution in [0, 0.1) is 10.1 Å². The molecule has 27 heavy (non-hydrogen) atoms. The van der Waals surface area contributed by atoms with Crippen LogP contribution in [0.1, 0.15) is 35.3 Å². The third-order valence-electron chi connectivity index (χ3n) is 3.67. The van der Waals surface area contributed by atoms with Gasteiger partial charge in [0.1, 0.15) is 5.02 Å². The Morgan fingerprint density at radius 3 is 2.52 bits per heavy atom. The van der Waals surface area contributed by atoms with E-state index in [0.29, 0.717) is 10.6 Å². The number of ether oxygens (including phenoxy) is 1. The summed E-state index contributed by atoms with van der Waals surface area (Å²) >= 11 is 12.0. The first kappa shape index (κ1) is 20.7. The quantitative estimate of drug-likeness (QED) is 0.416. The molecule has 0 radical (unpaired) electrons. The molecule has 0 fully saturated rings. The van der Waals surface area contributed by atoms with Crippen LogP contribution in [0.5, 0.6) is 0 Å². The summed E-state index contributed by atoms with van der Waals surface area (Å²) < 4.78 is 4.95. The standard InChI is InChI=1S/C18H16Cl2N2O5/c1-2-27-17(23)10-15(12-5-3-4-6-13(12)19)21-18(24)11-7-8-14(20)16(9-11)22(25)26/h3-9,15H,2,10H2,1H3,(H,21,24)/t15-/m0/s1. The Morgan fingerprint density at radius 2 is 1.89 bits per heavy atom. The van der Waals surface area contributed by atoms with Crippen LogP contribution in [0.25, 0.3) is 0 Å². The molecule has 0 aliphatic rings. The number of benzene rings is 2. The van der Waals surface area contributed by atoms with E-state index in [1.807, 2.05) is 0 Å². The molecule has 0 saturated heterocycles. The zero-order valence-corrected chi connectivity index (χ0v) is 15.8. The van der Waals surface area contributed by atoms with Crippen molar-refractivity contribution in [2.75, 3.05) is 6.61 Å². The van der Waals surface area contributed by atoms with E-state index >= 15 is 0 Å². The third-order valence-corrected chi connectivity index (χ3v) is 4.33. The van der Waals surface area contributed by atoms with Crippen molar-refractivity contribution in [3.63, 3.8) is 0 Å². The Labute approximate surface area is 165 Å². The van der Waals surface area contributed by atoms with Crippen LogP contribution in [0.3, 0.4) is 0 Å². The average Bonchev–Trinajstić information content (AvgIpc) is 2.61. The van der Waals surface area contributed by atoms with E-state index in [1.165, 1.54) is 12.1 Å². The van der Waals surface area contributed by atoms with Gasteiger partial charge in [-0.2, -0.15) is 0 Å². The number of nitrogens with one attached hydrogen (secondary N) is 1. The number of hydrogen-bond acceptors (Lipinski definition) is 5. The van der Waals surface area contributed by atoms with Gasteiger partial charge in [0.05, 0.1) is 24.0 Å². The Hall–Kier alpha value is -2.64. The van der Waals surface area contributed by atoms with Crippen molar-refractivity contribution in [2.24, 2.45) is 0 Å². The first-order valence-electron chi connectivity index (χ1n) is 7.98. The van der Waals surface area contributed by atoms with Gasteiger partial charge in [0.2, 0.25) is 0 Å². The minimum Gasteiger partial charge on any atom is -0.466 e. The number of esters is 1. The van der Waals surface area contributed by atoms with Crippen LogP contribution in [0.4, 0.5) is 5.69 Å². The lowest BCUT2D eigenvalue weighted by Gasteiger charge is -2.19. The number of nitrogens with zero attached hydrogens (tertiary/aromatic N) is 1. The van der Waals surface area contributed by atoms with E-state index in [9.17, 15) is 19.7 Å². The molecule has 0 bridgehead atoms. The second-order valence-electron chi connectivity index (χ2n) is 5.48. The highest BCUT2D eigenvalue weighted by atomic mass is 35.5. The average molecular weight is 411 g/mol. The fourth-order valence-corrected chi connectivity index (χ4v) is 2.87. The number of rotatable bonds is 7. The predicted molar refractivity (Wildman–Crippen MR) is 101 cm³/mol. The molecular weight excluding hydrogens is 395 g/mol. The Balaban J connectivity index is 2.30. The first-order chi connectivity index (χ1) is 12.8. The zero-order chi connectivity index (χ0) is 20.0. The summed E-state index contributed by atoms with van der Waals surface area (Å²) in [6.07, 6.45) is -0.140. The summed E-state index contributed by atoms with van der Waals surface area (Å²) in [5, 5.41) is 14.0. The van der Waals surface area contributed by atoms with Crippen LogP contribution < -0.4 is 5.32 Å². The van der Waals surface area contributed by atoms with Gasteiger partial charge in [-0.05, 0) is 30.7 Å². The molecule has 0 aliphatic heterocycles. The summed E-state index contributed by atoms with van der Waals surface area (Å²) in [7, 11) is 0. The molecule has 1 N–H and O–H groups in total. The van der Waals surface area contributed by atoms with Crippen LogP contribution >= 0.6 is 23.2 Å². The maximum absolute atomic E-state index is 12.6. The molecule has 2 rings (SSSR count). The van der Waals surface area contributed by atoms with Gasteiger partial charge < -0.3 is 10.1 Å². The van der Waals surface area contributed by atoms with Gasteiger partial charge in [-0.1, -0.05) is 41.4 Å². The highest BCUT2D eigenvalue weighted by Gasteiger charge is 2.23. The maximum Gasteiger partial charge on any atom is 0.308 e. The molecule has 9 heteroatoms. The number of amides is 1. The summed E-state index contributed by atoms with van der Waals surface area (Å²) in [5.74, 6) is -1.12. The van der Waals surface area contributed by atoms with Gasteiger partial charge in [0.15, 0.2) is 0 Å².